The number of nitrogens with zero attached hydrogens (tertiary/aromatic N) is 3. The van der Waals surface area contributed by atoms with Crippen molar-refractivity contribution in [1.82, 2.24) is 20.2 Å². The quantitative estimate of drug-likeness (QED) is 0.216. The number of pyridine rings is 2. The maximum atomic E-state index is 13.2. The summed E-state index contributed by atoms with van der Waals surface area (Å²) in [7, 11) is 1.44. The molecule has 0 radical (unpaired) electrons. The molecule has 5 aromatic rings. The van der Waals surface area contributed by atoms with Crippen molar-refractivity contribution in [2.75, 3.05) is 12.4 Å². The van der Waals surface area contributed by atoms with Crippen LogP contribution in [0.3, 0.4) is 0 Å². The van der Waals surface area contributed by atoms with Gasteiger partial charge in [-0.2, -0.15) is 5.10 Å². The van der Waals surface area contributed by atoms with Gasteiger partial charge < -0.3 is 10.1 Å². The van der Waals surface area contributed by atoms with Gasteiger partial charge >= 0.3 is 0 Å². The number of ether oxygens (including phenoxy) is 1. The zero-order valence-electron chi connectivity index (χ0n) is 19.6. The molecule has 3 aromatic heterocycles. The summed E-state index contributed by atoms with van der Waals surface area (Å²) in [5.41, 5.74) is 3.97. The first-order chi connectivity index (χ1) is 18.0. The number of hydrogen-bond acceptors (Lipinski definition) is 6. The van der Waals surface area contributed by atoms with E-state index in [0.717, 1.165) is 22.3 Å². The number of amides is 1. The molecule has 1 amide bonds. The summed E-state index contributed by atoms with van der Waals surface area (Å²) in [4.78, 5) is 34.2. The first-order valence-corrected chi connectivity index (χ1v) is 11.6. The van der Waals surface area contributed by atoms with E-state index in [1.165, 1.54) is 19.2 Å². The highest BCUT2D eigenvalue weighted by Gasteiger charge is 2.14. The number of carbonyl (C=O) groups is 2. The Morgan fingerprint density at radius 1 is 0.946 bits per heavy atom. The number of carbonyl (C=O) groups excluding carboxylic acids is 2. The maximum Gasteiger partial charge on any atom is 0.255 e. The fraction of sp³-hybridized carbons (Fsp3) is 0.0357. The molecule has 0 saturated carbocycles. The van der Waals surface area contributed by atoms with Crippen LogP contribution in [0.1, 0.15) is 37.7 Å². The smallest absolute Gasteiger partial charge is 0.255 e. The molecular formula is C28H20ClN5O3. The van der Waals surface area contributed by atoms with E-state index in [0.29, 0.717) is 16.8 Å². The van der Waals surface area contributed by atoms with Gasteiger partial charge in [-0.05, 0) is 54.6 Å². The second-order valence-electron chi connectivity index (χ2n) is 8.04. The molecule has 0 bridgehead atoms. The lowest BCUT2D eigenvalue weighted by atomic mass is 10.0. The third-order valence-electron chi connectivity index (χ3n) is 5.58. The van der Waals surface area contributed by atoms with E-state index < -0.39 is 5.91 Å². The number of aromatic nitrogens is 4. The number of benzene rings is 2. The summed E-state index contributed by atoms with van der Waals surface area (Å²) < 4.78 is 5.07. The predicted octanol–water partition coefficient (Wildman–Crippen LogP) is 5.67. The highest BCUT2D eigenvalue weighted by atomic mass is 35.5. The van der Waals surface area contributed by atoms with Crippen LogP contribution in [0.2, 0.25) is 5.15 Å². The minimum atomic E-state index is -0.405. The monoisotopic (exact) mass is 509 g/mol. The molecular weight excluding hydrogens is 490 g/mol. The van der Waals surface area contributed by atoms with Crippen molar-refractivity contribution >= 4 is 52.0 Å². The number of nitrogens with one attached hydrogen (secondary N) is 2. The molecule has 2 N–H and O–H groups in total. The van der Waals surface area contributed by atoms with E-state index in [9.17, 15) is 9.59 Å². The highest BCUT2D eigenvalue weighted by Crippen LogP contribution is 2.23. The molecule has 3 heterocycles. The van der Waals surface area contributed by atoms with E-state index in [1.54, 1.807) is 42.6 Å². The molecule has 2 aromatic carbocycles. The lowest BCUT2D eigenvalue weighted by Crippen LogP contribution is -2.13. The second kappa shape index (κ2) is 10.4. The van der Waals surface area contributed by atoms with Crippen LogP contribution >= 0.6 is 11.6 Å². The summed E-state index contributed by atoms with van der Waals surface area (Å²) >= 11 is 5.97. The Balaban J connectivity index is 1.35. The van der Waals surface area contributed by atoms with Crippen LogP contribution in [0.4, 0.5) is 5.69 Å². The van der Waals surface area contributed by atoms with Gasteiger partial charge in [0.2, 0.25) is 5.88 Å². The lowest BCUT2D eigenvalue weighted by Gasteiger charge is -2.09. The summed E-state index contributed by atoms with van der Waals surface area (Å²) in [5.74, 6) is -0.365. The topological polar surface area (TPSA) is 110 Å². The number of fused-ring (bicyclic) bond motifs is 1. The van der Waals surface area contributed by atoms with Crippen molar-refractivity contribution < 1.29 is 14.3 Å². The number of anilines is 1. The molecule has 9 heteroatoms. The van der Waals surface area contributed by atoms with E-state index in [1.807, 2.05) is 36.4 Å². The molecule has 0 saturated heterocycles. The minimum absolute atomic E-state index is 0.137. The molecule has 0 aliphatic carbocycles. The van der Waals surface area contributed by atoms with Gasteiger partial charge in [0, 0.05) is 40.0 Å². The standard InChI is InChI=1S/C28H20ClN5O3/c1-37-26-16-19(15-25(29)32-26)28(36)31-21-7-4-5-17(13-21)27(35)18-8-10-22-23(33-34-24(22)14-18)11-9-20-6-2-3-12-30-20/h2-16H,1H3,(H,31,36)(H,33,34). The van der Waals surface area contributed by atoms with Crippen molar-refractivity contribution in [3.8, 4) is 5.88 Å². The molecule has 8 nitrogen and oxygen atoms in total. The predicted molar refractivity (Wildman–Crippen MR) is 143 cm³/mol. The Morgan fingerprint density at radius 3 is 2.62 bits per heavy atom. The Kier molecular flexibility index (Phi) is 6.74. The first-order valence-electron chi connectivity index (χ1n) is 11.2. The molecule has 0 unspecified atom stereocenters. The average Bonchev–Trinajstić information content (AvgIpc) is 3.34. The summed E-state index contributed by atoms with van der Waals surface area (Å²) in [6, 6.07) is 20.7. The van der Waals surface area contributed by atoms with Crippen LogP contribution in [-0.2, 0) is 0 Å². The molecule has 0 fully saturated rings. The van der Waals surface area contributed by atoms with Gasteiger partial charge in [-0.3, -0.25) is 19.7 Å². The van der Waals surface area contributed by atoms with Crippen molar-refractivity contribution in [1.29, 1.82) is 0 Å². The maximum absolute atomic E-state index is 13.2. The normalized spacial score (nSPS) is 11.1. The Bertz CT molecular complexity index is 1650. The fourth-order valence-corrected chi connectivity index (χ4v) is 3.97. The number of hydrogen-bond donors (Lipinski definition) is 2. The SMILES string of the molecule is COc1cc(C(=O)Nc2cccc(C(=O)c3ccc4c(C=Cc5ccccn5)n[nH]c4c3)c2)cc(Cl)n1. The highest BCUT2D eigenvalue weighted by molar-refractivity contribution is 6.30. The van der Waals surface area contributed by atoms with Crippen molar-refractivity contribution in [3.05, 3.63) is 112 Å². The van der Waals surface area contributed by atoms with E-state index in [-0.39, 0.29) is 22.4 Å². The lowest BCUT2D eigenvalue weighted by molar-refractivity contribution is 0.102. The van der Waals surface area contributed by atoms with Gasteiger partial charge in [0.15, 0.2) is 5.78 Å². The number of halogens is 1. The second-order valence-corrected chi connectivity index (χ2v) is 8.43. The van der Waals surface area contributed by atoms with Crippen LogP contribution in [0.15, 0.2) is 79.0 Å². The number of H-pyrrole nitrogens is 1. The van der Waals surface area contributed by atoms with E-state index in [2.05, 4.69) is 25.5 Å². The van der Waals surface area contributed by atoms with Crippen LogP contribution in [0, 0.1) is 0 Å². The number of methoxy groups -OCH3 is 1. The van der Waals surface area contributed by atoms with Gasteiger partial charge in [0.1, 0.15) is 5.15 Å². The zero-order valence-corrected chi connectivity index (χ0v) is 20.4. The zero-order chi connectivity index (χ0) is 25.8. The molecule has 0 aliphatic heterocycles. The third kappa shape index (κ3) is 5.39. The largest absolute Gasteiger partial charge is 0.481 e. The van der Waals surface area contributed by atoms with Crippen molar-refractivity contribution in [2.45, 2.75) is 0 Å². The number of ketones is 1. The summed E-state index contributed by atoms with van der Waals surface area (Å²) in [5, 5.41) is 11.1. The van der Waals surface area contributed by atoms with Crippen LogP contribution in [-0.4, -0.2) is 39.0 Å². The molecule has 37 heavy (non-hydrogen) atoms. The average molecular weight is 510 g/mol. The van der Waals surface area contributed by atoms with E-state index >= 15 is 0 Å². The Morgan fingerprint density at radius 2 is 1.81 bits per heavy atom. The van der Waals surface area contributed by atoms with Crippen LogP contribution in [0.5, 0.6) is 5.88 Å². The number of rotatable bonds is 7. The van der Waals surface area contributed by atoms with Crippen molar-refractivity contribution in [2.24, 2.45) is 0 Å². The van der Waals surface area contributed by atoms with Gasteiger partial charge in [-0.1, -0.05) is 35.9 Å². The van der Waals surface area contributed by atoms with Gasteiger partial charge in [-0.15, -0.1) is 0 Å². The Labute approximate surface area is 217 Å². The van der Waals surface area contributed by atoms with Gasteiger partial charge in [0.05, 0.1) is 24.0 Å². The first kappa shape index (κ1) is 23.9. The Hall–Kier alpha value is -4.82. The van der Waals surface area contributed by atoms with Crippen LogP contribution in [0.25, 0.3) is 23.1 Å². The summed E-state index contributed by atoms with van der Waals surface area (Å²) in [6.45, 7) is 0. The third-order valence-corrected chi connectivity index (χ3v) is 5.77. The summed E-state index contributed by atoms with van der Waals surface area (Å²) in [6.07, 6.45) is 5.48. The fourth-order valence-electron chi connectivity index (χ4n) is 3.76. The van der Waals surface area contributed by atoms with Gasteiger partial charge in [-0.25, -0.2) is 4.98 Å². The van der Waals surface area contributed by atoms with Crippen LogP contribution < -0.4 is 10.1 Å². The molecule has 182 valence electrons. The molecule has 0 atom stereocenters. The molecule has 0 aliphatic rings. The van der Waals surface area contributed by atoms with Crippen molar-refractivity contribution in [3.63, 3.8) is 0 Å². The van der Waals surface area contributed by atoms with Gasteiger partial charge in [0.25, 0.3) is 5.91 Å². The number of aromatic amines is 1. The molecule has 5 rings (SSSR count). The molecule has 0 spiro atoms. The minimum Gasteiger partial charge on any atom is -0.481 e. The van der Waals surface area contributed by atoms with E-state index in [4.69, 9.17) is 16.3 Å².